The zero-order chi connectivity index (χ0) is 9.84. The average molecular weight is 185 g/mol. The van der Waals surface area contributed by atoms with Gasteiger partial charge in [-0.1, -0.05) is 0 Å². The van der Waals surface area contributed by atoms with E-state index in [1.165, 1.54) is 0 Å². The van der Waals surface area contributed by atoms with Gasteiger partial charge in [0.05, 0.1) is 6.61 Å². The Morgan fingerprint density at radius 1 is 1.69 bits per heavy atom. The van der Waals surface area contributed by atoms with Crippen LogP contribution in [0.15, 0.2) is 17.1 Å². The molecule has 1 aromatic heterocycles. The number of halogens is 1. The van der Waals surface area contributed by atoms with Gasteiger partial charge in [0.25, 0.3) is 0 Å². The maximum absolute atomic E-state index is 12.5. The number of carbonyl (C=O) groups excluding carboxylic acids is 1. The lowest BCUT2D eigenvalue weighted by Crippen LogP contribution is -2.13. The molecule has 4 nitrogen and oxygen atoms in total. The molecule has 1 heterocycles. The van der Waals surface area contributed by atoms with Gasteiger partial charge >= 0.3 is 5.97 Å². The number of aromatic amines is 1. The van der Waals surface area contributed by atoms with E-state index >= 15 is 0 Å². The summed E-state index contributed by atoms with van der Waals surface area (Å²) < 4.78 is 17.0. The molecule has 0 amide bonds. The Kier molecular flexibility index (Phi) is 2.79. The topological polar surface area (TPSA) is 59.2 Å². The third-order valence-corrected chi connectivity index (χ3v) is 1.36. The zero-order valence-corrected chi connectivity index (χ0v) is 6.96. The molecule has 0 aliphatic carbocycles. The molecular formula is C8H8FNO3. The lowest BCUT2D eigenvalue weighted by Gasteiger charge is -2.00. The summed E-state index contributed by atoms with van der Waals surface area (Å²) in [5.74, 6) is -1.59. The molecule has 0 saturated heterocycles. The number of nitrogens with one attached hydrogen (secondary N) is 1. The Balaban J connectivity index is 2.97. The van der Waals surface area contributed by atoms with Crippen LogP contribution in [0.3, 0.4) is 0 Å². The number of hydrogen-bond acceptors (Lipinski definition) is 3. The second-order valence-corrected chi connectivity index (χ2v) is 2.28. The van der Waals surface area contributed by atoms with Gasteiger partial charge in [-0.25, -0.2) is 9.18 Å². The number of hydrogen-bond donors (Lipinski definition) is 1. The molecule has 0 bridgehead atoms. The number of rotatable bonds is 2. The van der Waals surface area contributed by atoms with Crippen LogP contribution in [0.4, 0.5) is 4.39 Å². The Morgan fingerprint density at radius 3 is 2.92 bits per heavy atom. The quantitative estimate of drug-likeness (QED) is 0.689. The van der Waals surface area contributed by atoms with E-state index in [-0.39, 0.29) is 12.3 Å². The van der Waals surface area contributed by atoms with Crippen LogP contribution in [0.1, 0.15) is 17.4 Å². The standard InChI is InChI=1S/C8H8FNO3/c1-2-13-8(12)6-3-7(11)5(9)4-10-6/h3-4H,2H2,1H3,(H,10,11). The lowest BCUT2D eigenvalue weighted by molar-refractivity contribution is 0.0519. The van der Waals surface area contributed by atoms with Crippen molar-refractivity contribution in [2.24, 2.45) is 0 Å². The number of aromatic nitrogens is 1. The fourth-order valence-corrected chi connectivity index (χ4v) is 0.781. The highest BCUT2D eigenvalue weighted by atomic mass is 19.1. The van der Waals surface area contributed by atoms with Crippen LogP contribution in [-0.4, -0.2) is 17.6 Å². The molecule has 1 aromatic rings. The first-order chi connectivity index (χ1) is 6.15. The molecule has 13 heavy (non-hydrogen) atoms. The number of esters is 1. The molecule has 0 radical (unpaired) electrons. The van der Waals surface area contributed by atoms with Gasteiger partial charge in [-0.05, 0) is 6.92 Å². The molecule has 0 unspecified atom stereocenters. The van der Waals surface area contributed by atoms with E-state index in [2.05, 4.69) is 9.72 Å². The third kappa shape index (κ3) is 2.14. The minimum absolute atomic E-state index is 0.0479. The molecule has 0 aliphatic heterocycles. The summed E-state index contributed by atoms with van der Waals surface area (Å²) in [5.41, 5.74) is -0.880. The summed E-state index contributed by atoms with van der Waals surface area (Å²) in [4.78, 5) is 24.1. The minimum atomic E-state index is -0.923. The van der Waals surface area contributed by atoms with Crippen molar-refractivity contribution in [1.29, 1.82) is 0 Å². The highest BCUT2D eigenvalue weighted by molar-refractivity contribution is 5.86. The van der Waals surface area contributed by atoms with Crippen molar-refractivity contribution < 1.29 is 13.9 Å². The van der Waals surface area contributed by atoms with E-state index in [4.69, 9.17) is 0 Å². The Bertz CT molecular complexity index is 372. The van der Waals surface area contributed by atoms with Crippen molar-refractivity contribution >= 4 is 5.97 Å². The number of pyridine rings is 1. The van der Waals surface area contributed by atoms with E-state index in [1.54, 1.807) is 6.92 Å². The zero-order valence-electron chi connectivity index (χ0n) is 6.96. The Morgan fingerprint density at radius 2 is 2.38 bits per heavy atom. The fraction of sp³-hybridized carbons (Fsp3) is 0.250. The molecule has 0 saturated carbocycles. The van der Waals surface area contributed by atoms with Gasteiger partial charge in [0.2, 0.25) is 5.43 Å². The van der Waals surface area contributed by atoms with Crippen LogP contribution in [0.2, 0.25) is 0 Å². The highest BCUT2D eigenvalue weighted by Gasteiger charge is 2.08. The summed E-state index contributed by atoms with van der Waals surface area (Å²) in [6.45, 7) is 1.85. The largest absolute Gasteiger partial charge is 0.461 e. The first-order valence-corrected chi connectivity index (χ1v) is 3.70. The average Bonchev–Trinajstić information content (AvgIpc) is 2.10. The van der Waals surface area contributed by atoms with Crippen molar-refractivity contribution in [1.82, 2.24) is 4.98 Å². The molecule has 1 N–H and O–H groups in total. The predicted octanol–water partition coefficient (Wildman–Crippen LogP) is 0.691. The maximum atomic E-state index is 12.5. The van der Waals surface area contributed by atoms with Crippen LogP contribution in [0.5, 0.6) is 0 Å². The van der Waals surface area contributed by atoms with Crippen molar-refractivity contribution in [3.05, 3.63) is 34.0 Å². The van der Waals surface area contributed by atoms with E-state index in [9.17, 15) is 14.0 Å². The maximum Gasteiger partial charge on any atom is 0.354 e. The van der Waals surface area contributed by atoms with Gasteiger partial charge in [-0.15, -0.1) is 0 Å². The number of carbonyl (C=O) groups is 1. The SMILES string of the molecule is CCOC(=O)c1cc(=O)c(F)c[nH]1. The molecular weight excluding hydrogens is 177 g/mol. The summed E-state index contributed by atoms with van der Waals surface area (Å²) in [6.07, 6.45) is 0.828. The van der Waals surface area contributed by atoms with Gasteiger partial charge in [0, 0.05) is 12.3 Å². The monoisotopic (exact) mass is 185 g/mol. The third-order valence-electron chi connectivity index (χ3n) is 1.36. The van der Waals surface area contributed by atoms with Gasteiger partial charge in [0.15, 0.2) is 5.82 Å². The molecule has 0 aromatic carbocycles. The van der Waals surface area contributed by atoms with Crippen molar-refractivity contribution in [3.8, 4) is 0 Å². The first-order valence-electron chi connectivity index (χ1n) is 3.70. The van der Waals surface area contributed by atoms with E-state index in [0.29, 0.717) is 0 Å². The van der Waals surface area contributed by atoms with Crippen molar-refractivity contribution in [2.45, 2.75) is 6.92 Å². The van der Waals surface area contributed by atoms with Crippen molar-refractivity contribution in [3.63, 3.8) is 0 Å². The predicted molar refractivity (Wildman–Crippen MR) is 43.0 cm³/mol. The molecule has 5 heteroatoms. The van der Waals surface area contributed by atoms with Crippen LogP contribution in [-0.2, 0) is 4.74 Å². The molecule has 0 atom stereocenters. The smallest absolute Gasteiger partial charge is 0.354 e. The fourth-order valence-electron chi connectivity index (χ4n) is 0.781. The van der Waals surface area contributed by atoms with Crippen LogP contribution < -0.4 is 5.43 Å². The van der Waals surface area contributed by atoms with E-state index in [1.807, 2.05) is 0 Å². The molecule has 0 spiro atoms. The van der Waals surface area contributed by atoms with Gasteiger partial charge in [0.1, 0.15) is 5.69 Å². The van der Waals surface area contributed by atoms with E-state index in [0.717, 1.165) is 12.3 Å². The summed E-state index contributed by atoms with van der Waals surface area (Å²) in [5, 5.41) is 0. The summed E-state index contributed by atoms with van der Waals surface area (Å²) >= 11 is 0. The van der Waals surface area contributed by atoms with Crippen LogP contribution in [0, 0.1) is 5.82 Å². The van der Waals surface area contributed by atoms with Gasteiger partial charge in [-0.2, -0.15) is 0 Å². The molecule has 1 rings (SSSR count). The van der Waals surface area contributed by atoms with Gasteiger partial charge < -0.3 is 9.72 Å². The van der Waals surface area contributed by atoms with E-state index < -0.39 is 17.2 Å². The van der Waals surface area contributed by atoms with Gasteiger partial charge in [-0.3, -0.25) is 4.79 Å². The molecule has 0 fully saturated rings. The number of H-pyrrole nitrogens is 1. The minimum Gasteiger partial charge on any atom is -0.461 e. The first kappa shape index (κ1) is 9.44. The second-order valence-electron chi connectivity index (χ2n) is 2.28. The molecule has 0 aliphatic rings. The Hall–Kier alpha value is -1.65. The molecule has 70 valence electrons. The van der Waals surface area contributed by atoms with Crippen molar-refractivity contribution in [2.75, 3.05) is 6.61 Å². The normalized spacial score (nSPS) is 9.69. The number of ether oxygens (including phenoxy) is 1. The summed E-state index contributed by atoms with van der Waals surface area (Å²) in [7, 11) is 0. The van der Waals surface area contributed by atoms with Crippen LogP contribution in [0.25, 0.3) is 0 Å². The second kappa shape index (κ2) is 3.84. The van der Waals surface area contributed by atoms with Crippen LogP contribution >= 0.6 is 0 Å². The Labute approximate surface area is 73.3 Å². The summed E-state index contributed by atoms with van der Waals surface area (Å²) in [6, 6.07) is 0.868. The lowest BCUT2D eigenvalue weighted by atomic mass is 10.3. The highest BCUT2D eigenvalue weighted by Crippen LogP contribution is 1.95.